The van der Waals surface area contributed by atoms with Crippen LogP contribution in [-0.2, 0) is 0 Å². The first kappa shape index (κ1) is 18.3. The van der Waals surface area contributed by atoms with E-state index in [9.17, 15) is 4.79 Å². The number of aromatic nitrogens is 2. The molecule has 28 heavy (non-hydrogen) atoms. The van der Waals surface area contributed by atoms with Gasteiger partial charge in [0, 0.05) is 28.7 Å². The molecule has 0 aliphatic rings. The van der Waals surface area contributed by atoms with E-state index < -0.39 is 5.91 Å². The standard InChI is InChI=1S/C20H13Cl2N3O3/c1-27-18-14(8-12(21)9-15(18)22)19(26)24-13-2-3-17-16(10-13)25-20(28-17)11-4-6-23-7-5-11/h2-10H,1H3,(H,24,26). The SMILES string of the molecule is COc1c(Cl)cc(Cl)cc1C(=O)Nc1ccc2oc(-c3ccncc3)nc2c1. The highest BCUT2D eigenvalue weighted by Crippen LogP contribution is 2.33. The zero-order valence-corrected chi connectivity index (χ0v) is 16.1. The Bertz CT molecular complexity index is 1180. The first-order valence-electron chi connectivity index (χ1n) is 8.20. The summed E-state index contributed by atoms with van der Waals surface area (Å²) >= 11 is 12.1. The van der Waals surface area contributed by atoms with Gasteiger partial charge in [0.2, 0.25) is 5.89 Å². The van der Waals surface area contributed by atoms with Crippen molar-refractivity contribution in [2.75, 3.05) is 12.4 Å². The maximum absolute atomic E-state index is 12.7. The largest absolute Gasteiger partial charge is 0.494 e. The molecule has 0 saturated heterocycles. The van der Waals surface area contributed by atoms with Crippen LogP contribution in [0.15, 0.2) is 59.3 Å². The van der Waals surface area contributed by atoms with Gasteiger partial charge >= 0.3 is 0 Å². The van der Waals surface area contributed by atoms with Crippen LogP contribution in [-0.4, -0.2) is 23.0 Å². The molecule has 0 bridgehead atoms. The lowest BCUT2D eigenvalue weighted by atomic mass is 10.1. The van der Waals surface area contributed by atoms with Gasteiger partial charge in [-0.3, -0.25) is 9.78 Å². The van der Waals surface area contributed by atoms with Gasteiger partial charge in [0.05, 0.1) is 17.7 Å². The van der Waals surface area contributed by atoms with Gasteiger partial charge in [-0.1, -0.05) is 23.2 Å². The molecule has 140 valence electrons. The molecule has 0 aliphatic heterocycles. The number of nitrogens with one attached hydrogen (secondary N) is 1. The molecule has 0 aliphatic carbocycles. The fourth-order valence-corrected chi connectivity index (χ4v) is 3.33. The van der Waals surface area contributed by atoms with Crippen molar-refractivity contribution in [3.8, 4) is 17.2 Å². The molecule has 8 heteroatoms. The fraction of sp³-hybridized carbons (Fsp3) is 0.0500. The highest BCUT2D eigenvalue weighted by molar-refractivity contribution is 6.36. The maximum atomic E-state index is 12.7. The average molecular weight is 414 g/mol. The maximum Gasteiger partial charge on any atom is 0.259 e. The van der Waals surface area contributed by atoms with E-state index >= 15 is 0 Å². The van der Waals surface area contributed by atoms with Gasteiger partial charge in [-0.25, -0.2) is 4.98 Å². The van der Waals surface area contributed by atoms with E-state index in [1.54, 1.807) is 30.6 Å². The number of ether oxygens (including phenoxy) is 1. The van der Waals surface area contributed by atoms with Crippen molar-refractivity contribution < 1.29 is 13.9 Å². The fourth-order valence-electron chi connectivity index (χ4n) is 2.76. The molecule has 0 spiro atoms. The van der Waals surface area contributed by atoms with Crippen molar-refractivity contribution in [3.63, 3.8) is 0 Å². The number of benzene rings is 2. The minimum absolute atomic E-state index is 0.234. The summed E-state index contributed by atoms with van der Waals surface area (Å²) in [6.07, 6.45) is 3.33. The Labute approximate surface area is 170 Å². The van der Waals surface area contributed by atoms with E-state index in [0.29, 0.717) is 27.7 Å². The molecule has 0 unspecified atom stereocenters. The number of rotatable bonds is 4. The molecule has 6 nitrogen and oxygen atoms in total. The minimum atomic E-state index is -0.404. The van der Waals surface area contributed by atoms with Crippen LogP contribution in [0.3, 0.4) is 0 Å². The summed E-state index contributed by atoms with van der Waals surface area (Å²) in [4.78, 5) is 21.2. The summed E-state index contributed by atoms with van der Waals surface area (Å²) in [6, 6.07) is 11.8. The van der Waals surface area contributed by atoms with E-state index in [-0.39, 0.29) is 16.3 Å². The number of hydrogen-bond donors (Lipinski definition) is 1. The Kier molecular flexibility index (Phi) is 4.90. The van der Waals surface area contributed by atoms with Gasteiger partial charge < -0.3 is 14.5 Å². The Balaban J connectivity index is 1.64. The van der Waals surface area contributed by atoms with E-state index in [0.717, 1.165) is 5.56 Å². The second kappa shape index (κ2) is 7.50. The smallest absolute Gasteiger partial charge is 0.259 e. The normalized spacial score (nSPS) is 10.8. The number of methoxy groups -OCH3 is 1. The van der Waals surface area contributed by atoms with Crippen LogP contribution in [0.4, 0.5) is 5.69 Å². The van der Waals surface area contributed by atoms with E-state index in [2.05, 4.69) is 15.3 Å². The zero-order chi connectivity index (χ0) is 19.7. The van der Waals surface area contributed by atoms with E-state index in [4.69, 9.17) is 32.4 Å². The number of carbonyl (C=O) groups is 1. The number of oxazole rings is 1. The summed E-state index contributed by atoms with van der Waals surface area (Å²) in [6.45, 7) is 0. The summed E-state index contributed by atoms with van der Waals surface area (Å²) in [5.41, 5.74) is 2.81. The number of carbonyl (C=O) groups excluding carboxylic acids is 1. The molecular formula is C20H13Cl2N3O3. The summed E-state index contributed by atoms with van der Waals surface area (Å²) in [5.74, 6) is 0.327. The second-order valence-electron chi connectivity index (χ2n) is 5.86. The molecule has 0 radical (unpaired) electrons. The molecule has 0 saturated carbocycles. The topological polar surface area (TPSA) is 77.2 Å². The number of amides is 1. The van der Waals surface area contributed by atoms with Gasteiger partial charge in [-0.15, -0.1) is 0 Å². The minimum Gasteiger partial charge on any atom is -0.494 e. The molecule has 1 amide bonds. The highest BCUT2D eigenvalue weighted by atomic mass is 35.5. The molecule has 2 aromatic carbocycles. The predicted octanol–water partition coefficient (Wildman–Crippen LogP) is 5.46. The number of hydrogen-bond acceptors (Lipinski definition) is 5. The van der Waals surface area contributed by atoms with Gasteiger partial charge in [0.15, 0.2) is 5.58 Å². The number of fused-ring (bicyclic) bond motifs is 1. The molecule has 2 aromatic heterocycles. The van der Waals surface area contributed by atoms with Crippen molar-refractivity contribution in [2.24, 2.45) is 0 Å². The van der Waals surface area contributed by atoms with E-state index in [1.807, 2.05) is 12.1 Å². The summed E-state index contributed by atoms with van der Waals surface area (Å²) in [7, 11) is 1.44. The molecule has 4 aromatic rings. The van der Waals surface area contributed by atoms with Crippen LogP contribution in [0.5, 0.6) is 5.75 Å². The molecule has 1 N–H and O–H groups in total. The van der Waals surface area contributed by atoms with Crippen molar-refractivity contribution >= 4 is 45.9 Å². The highest BCUT2D eigenvalue weighted by Gasteiger charge is 2.17. The van der Waals surface area contributed by atoms with Crippen molar-refractivity contribution in [1.29, 1.82) is 0 Å². The Morgan fingerprint density at radius 3 is 2.64 bits per heavy atom. The number of nitrogens with zero attached hydrogens (tertiary/aromatic N) is 2. The first-order chi connectivity index (χ1) is 13.5. The van der Waals surface area contributed by atoms with Gasteiger partial charge in [0.25, 0.3) is 5.91 Å². The monoisotopic (exact) mass is 413 g/mol. The molecular weight excluding hydrogens is 401 g/mol. The van der Waals surface area contributed by atoms with Crippen LogP contribution in [0, 0.1) is 0 Å². The van der Waals surface area contributed by atoms with Crippen molar-refractivity contribution in [1.82, 2.24) is 9.97 Å². The molecule has 0 atom stereocenters. The van der Waals surface area contributed by atoms with Crippen LogP contribution in [0.2, 0.25) is 10.0 Å². The molecule has 0 fully saturated rings. The van der Waals surface area contributed by atoms with Crippen LogP contribution in [0.25, 0.3) is 22.6 Å². The average Bonchev–Trinajstić information content (AvgIpc) is 3.11. The van der Waals surface area contributed by atoms with Gasteiger partial charge in [-0.05, 0) is 42.5 Å². The Morgan fingerprint density at radius 1 is 1.11 bits per heavy atom. The third kappa shape index (κ3) is 3.52. The number of anilines is 1. The lowest BCUT2D eigenvalue weighted by Crippen LogP contribution is -2.13. The lowest BCUT2D eigenvalue weighted by Gasteiger charge is -2.11. The van der Waals surface area contributed by atoms with Crippen LogP contribution < -0.4 is 10.1 Å². The quantitative estimate of drug-likeness (QED) is 0.480. The summed E-state index contributed by atoms with van der Waals surface area (Å²) < 4.78 is 11.0. The second-order valence-corrected chi connectivity index (χ2v) is 6.70. The zero-order valence-electron chi connectivity index (χ0n) is 14.6. The number of pyridine rings is 1. The van der Waals surface area contributed by atoms with Crippen molar-refractivity contribution in [3.05, 3.63) is 70.5 Å². The van der Waals surface area contributed by atoms with Crippen molar-refractivity contribution in [2.45, 2.75) is 0 Å². The van der Waals surface area contributed by atoms with Crippen LogP contribution in [0.1, 0.15) is 10.4 Å². The molecule has 2 heterocycles. The lowest BCUT2D eigenvalue weighted by molar-refractivity contribution is 0.102. The Morgan fingerprint density at radius 2 is 1.89 bits per heavy atom. The number of halogens is 2. The van der Waals surface area contributed by atoms with Crippen LogP contribution >= 0.6 is 23.2 Å². The molecule has 4 rings (SSSR count). The Hall–Kier alpha value is -3.09. The third-order valence-electron chi connectivity index (χ3n) is 4.03. The van der Waals surface area contributed by atoms with Gasteiger partial charge in [0.1, 0.15) is 11.3 Å². The van der Waals surface area contributed by atoms with E-state index in [1.165, 1.54) is 19.2 Å². The first-order valence-corrected chi connectivity index (χ1v) is 8.96. The summed E-state index contributed by atoms with van der Waals surface area (Å²) in [5, 5.41) is 3.40. The predicted molar refractivity (Wildman–Crippen MR) is 108 cm³/mol. The third-order valence-corrected chi connectivity index (χ3v) is 4.53. The van der Waals surface area contributed by atoms with Gasteiger partial charge in [-0.2, -0.15) is 0 Å².